The molecule has 2 heterocycles. The van der Waals surface area contributed by atoms with Crippen molar-refractivity contribution in [2.75, 3.05) is 6.61 Å². The van der Waals surface area contributed by atoms with Gasteiger partial charge in [-0.25, -0.2) is 4.79 Å². The second-order valence-electron chi connectivity index (χ2n) is 10.9. The Morgan fingerprint density at radius 1 is 0.895 bits per heavy atom. The second kappa shape index (κ2) is 9.45. The van der Waals surface area contributed by atoms with Crippen LogP contribution in [0.2, 0.25) is 0 Å². The molecule has 6 rings (SSSR count). The number of nitrogens with zero attached hydrogens (tertiary/aromatic N) is 1. The molecule has 0 saturated carbocycles. The first-order valence-electron chi connectivity index (χ1n) is 13.2. The summed E-state index contributed by atoms with van der Waals surface area (Å²) in [6.07, 6.45) is -2.19. The van der Waals surface area contributed by atoms with Crippen LogP contribution in [-0.2, 0) is 17.3 Å². The highest BCUT2D eigenvalue weighted by Gasteiger charge is 2.49. The van der Waals surface area contributed by atoms with Crippen LogP contribution < -0.4 is 0 Å². The Morgan fingerprint density at radius 2 is 1.45 bits per heavy atom. The summed E-state index contributed by atoms with van der Waals surface area (Å²) in [4.78, 5) is 15.2. The van der Waals surface area contributed by atoms with E-state index in [1.807, 2.05) is 24.3 Å². The van der Waals surface area contributed by atoms with Crippen molar-refractivity contribution in [3.8, 4) is 11.1 Å². The van der Waals surface area contributed by atoms with Gasteiger partial charge in [0.25, 0.3) is 0 Å². The van der Waals surface area contributed by atoms with Crippen molar-refractivity contribution in [3.63, 3.8) is 0 Å². The number of carbonyl (C=O) groups is 1. The van der Waals surface area contributed by atoms with Crippen LogP contribution in [0.4, 0.5) is 18.0 Å². The second-order valence-corrected chi connectivity index (χ2v) is 10.9. The van der Waals surface area contributed by atoms with E-state index in [0.29, 0.717) is 12.8 Å². The minimum absolute atomic E-state index is 0.0493. The zero-order valence-electron chi connectivity index (χ0n) is 21.0. The third-order valence-corrected chi connectivity index (χ3v) is 8.48. The number of carbonyl (C=O) groups excluding carboxylic acids is 1. The number of hydrogen-bond donors (Lipinski definition) is 1. The summed E-state index contributed by atoms with van der Waals surface area (Å²) in [5.74, 6) is -0.0493. The SMILES string of the molecule is O=C(OCC1c2ccccc2-c2ccccc21)N1C2CCCC1CC(O)(Cc1ccccc1C(F)(F)F)C2. The highest BCUT2D eigenvalue weighted by atomic mass is 19.4. The molecule has 4 nitrogen and oxygen atoms in total. The first-order chi connectivity index (χ1) is 18.2. The van der Waals surface area contributed by atoms with Gasteiger partial charge in [-0.05, 0) is 66.0 Å². The molecule has 2 atom stereocenters. The number of benzene rings is 3. The Bertz CT molecular complexity index is 1290. The fraction of sp³-hybridized carbons (Fsp3) is 0.387. The number of halogens is 3. The maximum Gasteiger partial charge on any atom is 0.416 e. The molecular formula is C31H30F3NO3. The van der Waals surface area contributed by atoms with Crippen molar-refractivity contribution in [3.05, 3.63) is 95.1 Å². The number of amides is 1. The van der Waals surface area contributed by atoms with Crippen LogP contribution >= 0.6 is 0 Å². The number of alkyl halides is 3. The molecule has 3 aromatic carbocycles. The molecule has 1 amide bonds. The quantitative estimate of drug-likeness (QED) is 0.404. The summed E-state index contributed by atoms with van der Waals surface area (Å²) < 4.78 is 46.6. The Balaban J connectivity index is 1.18. The lowest BCUT2D eigenvalue weighted by Gasteiger charge is -2.51. The molecule has 198 valence electrons. The van der Waals surface area contributed by atoms with Crippen molar-refractivity contribution in [1.82, 2.24) is 4.90 Å². The molecule has 3 aliphatic rings. The average Bonchev–Trinajstić information content (AvgIpc) is 3.20. The van der Waals surface area contributed by atoms with Gasteiger partial charge in [-0.2, -0.15) is 13.2 Å². The maximum absolute atomic E-state index is 13.6. The lowest BCUT2D eigenvalue weighted by atomic mass is 9.73. The van der Waals surface area contributed by atoms with Crippen molar-refractivity contribution in [2.24, 2.45) is 0 Å². The van der Waals surface area contributed by atoms with E-state index < -0.39 is 23.4 Å². The van der Waals surface area contributed by atoms with Crippen LogP contribution in [0.25, 0.3) is 11.1 Å². The summed E-state index contributed by atoms with van der Waals surface area (Å²) in [6.45, 7) is 0.214. The largest absolute Gasteiger partial charge is 0.448 e. The van der Waals surface area contributed by atoms with Crippen LogP contribution in [-0.4, -0.2) is 40.4 Å². The van der Waals surface area contributed by atoms with E-state index in [0.717, 1.165) is 34.7 Å². The lowest BCUT2D eigenvalue weighted by molar-refractivity contribution is -0.139. The van der Waals surface area contributed by atoms with E-state index in [4.69, 9.17) is 4.74 Å². The number of piperidine rings is 2. The van der Waals surface area contributed by atoms with Gasteiger partial charge in [0.15, 0.2) is 0 Å². The van der Waals surface area contributed by atoms with E-state index in [9.17, 15) is 23.1 Å². The van der Waals surface area contributed by atoms with Gasteiger partial charge in [-0.1, -0.05) is 66.7 Å². The topological polar surface area (TPSA) is 49.8 Å². The molecule has 7 heteroatoms. The van der Waals surface area contributed by atoms with E-state index in [1.165, 1.54) is 12.1 Å². The van der Waals surface area contributed by atoms with E-state index in [-0.39, 0.29) is 49.4 Å². The van der Waals surface area contributed by atoms with Crippen molar-refractivity contribution >= 4 is 6.09 Å². The first kappa shape index (κ1) is 25.0. The smallest absolute Gasteiger partial charge is 0.416 e. The molecule has 2 aliphatic heterocycles. The van der Waals surface area contributed by atoms with Gasteiger partial charge < -0.3 is 14.7 Å². The maximum atomic E-state index is 13.6. The van der Waals surface area contributed by atoms with Crippen LogP contribution in [0.1, 0.15) is 60.3 Å². The molecule has 0 spiro atoms. The van der Waals surface area contributed by atoms with E-state index in [2.05, 4.69) is 24.3 Å². The predicted octanol–water partition coefficient (Wildman–Crippen LogP) is 6.95. The molecule has 2 saturated heterocycles. The van der Waals surface area contributed by atoms with Gasteiger partial charge >= 0.3 is 12.3 Å². The number of fused-ring (bicyclic) bond motifs is 5. The third kappa shape index (κ3) is 4.47. The molecule has 3 aromatic rings. The number of hydrogen-bond acceptors (Lipinski definition) is 3. The standard InChI is InChI=1S/C31H30F3NO3/c32-31(33,34)28-15-6-1-8-20(28)16-30(37)17-21-9-7-10-22(18-30)35(21)29(36)38-19-27-25-13-4-2-11-23(25)24-12-3-5-14-26(24)27/h1-6,8,11-15,21-22,27,37H,7,9-10,16-19H2. The van der Waals surface area contributed by atoms with Crippen LogP contribution in [0.3, 0.4) is 0 Å². The zero-order valence-corrected chi connectivity index (χ0v) is 21.0. The molecule has 1 N–H and O–H groups in total. The van der Waals surface area contributed by atoms with Gasteiger partial charge in [-0.15, -0.1) is 0 Å². The minimum Gasteiger partial charge on any atom is -0.448 e. The zero-order chi connectivity index (χ0) is 26.5. The highest BCUT2D eigenvalue weighted by Crippen LogP contribution is 2.46. The average molecular weight is 522 g/mol. The van der Waals surface area contributed by atoms with Gasteiger partial charge in [0.05, 0.1) is 11.2 Å². The summed E-state index contributed by atoms with van der Waals surface area (Å²) in [5, 5.41) is 11.5. The minimum atomic E-state index is -4.48. The Morgan fingerprint density at radius 3 is 2.05 bits per heavy atom. The number of ether oxygens (including phenoxy) is 1. The molecule has 2 fully saturated rings. The Hall–Kier alpha value is -3.32. The van der Waals surface area contributed by atoms with Gasteiger partial charge in [0.1, 0.15) is 6.61 Å². The predicted molar refractivity (Wildman–Crippen MR) is 138 cm³/mol. The third-order valence-electron chi connectivity index (χ3n) is 8.48. The fourth-order valence-electron chi connectivity index (χ4n) is 6.94. The molecule has 0 aromatic heterocycles. The number of rotatable bonds is 4. The van der Waals surface area contributed by atoms with Crippen LogP contribution in [0.5, 0.6) is 0 Å². The number of aliphatic hydroxyl groups is 1. The first-order valence-corrected chi connectivity index (χ1v) is 13.2. The normalized spacial score (nSPS) is 24.6. The van der Waals surface area contributed by atoms with Gasteiger partial charge in [-0.3, -0.25) is 0 Å². The van der Waals surface area contributed by atoms with Gasteiger partial charge in [0, 0.05) is 24.4 Å². The summed E-state index contributed by atoms with van der Waals surface area (Å²) in [5.41, 5.74) is 2.66. The van der Waals surface area contributed by atoms with E-state index >= 15 is 0 Å². The van der Waals surface area contributed by atoms with Crippen molar-refractivity contribution in [2.45, 2.75) is 68.3 Å². The van der Waals surface area contributed by atoms with Crippen LogP contribution in [0.15, 0.2) is 72.8 Å². The summed E-state index contributed by atoms with van der Waals surface area (Å²) in [6, 6.07) is 21.2. The fourth-order valence-corrected chi connectivity index (χ4v) is 6.94. The van der Waals surface area contributed by atoms with Crippen LogP contribution in [0, 0.1) is 0 Å². The van der Waals surface area contributed by atoms with Gasteiger partial charge in [0.2, 0.25) is 0 Å². The Labute approximate surface area is 220 Å². The summed E-state index contributed by atoms with van der Waals surface area (Å²) >= 11 is 0. The Kier molecular flexibility index (Phi) is 6.22. The highest BCUT2D eigenvalue weighted by molar-refractivity contribution is 5.79. The monoisotopic (exact) mass is 521 g/mol. The molecule has 2 bridgehead atoms. The molecule has 38 heavy (non-hydrogen) atoms. The van der Waals surface area contributed by atoms with E-state index in [1.54, 1.807) is 11.0 Å². The molecular weight excluding hydrogens is 491 g/mol. The lowest BCUT2D eigenvalue weighted by Crippen LogP contribution is -2.60. The van der Waals surface area contributed by atoms with Crippen molar-refractivity contribution < 1.29 is 27.8 Å². The molecule has 0 radical (unpaired) electrons. The summed E-state index contributed by atoms with van der Waals surface area (Å²) in [7, 11) is 0. The molecule has 1 aliphatic carbocycles. The van der Waals surface area contributed by atoms with Crippen molar-refractivity contribution in [1.29, 1.82) is 0 Å². The molecule has 2 unspecified atom stereocenters.